The van der Waals surface area contributed by atoms with Crippen LogP contribution in [0.5, 0.6) is 0 Å². The Morgan fingerprint density at radius 3 is 2.57 bits per heavy atom. The maximum absolute atomic E-state index is 13.1. The topological polar surface area (TPSA) is 29.1 Å². The van der Waals surface area contributed by atoms with Crippen molar-refractivity contribution in [1.82, 2.24) is 5.32 Å². The first-order chi connectivity index (χ1) is 6.41. The van der Waals surface area contributed by atoms with E-state index in [4.69, 9.17) is 0 Å². The number of alkyl halides is 1. The fourth-order valence-corrected chi connectivity index (χ4v) is 1.96. The number of hydrogen-bond acceptors (Lipinski definition) is 1. The highest BCUT2D eigenvalue weighted by molar-refractivity contribution is 5.84. The predicted molar refractivity (Wildman–Crippen MR) is 54.7 cm³/mol. The van der Waals surface area contributed by atoms with Crippen LogP contribution in [-0.4, -0.2) is 18.1 Å². The summed E-state index contributed by atoms with van der Waals surface area (Å²) >= 11 is 0. The fraction of sp³-hybridized carbons (Fsp3) is 0.909. The molecule has 1 N–H and O–H groups in total. The van der Waals surface area contributed by atoms with Gasteiger partial charge in [-0.2, -0.15) is 0 Å². The first-order valence-electron chi connectivity index (χ1n) is 5.38. The molecule has 2 unspecified atom stereocenters. The molecular formula is C11H20FNO. The van der Waals surface area contributed by atoms with Crippen LogP contribution in [-0.2, 0) is 4.79 Å². The highest BCUT2D eigenvalue weighted by Gasteiger charge is 2.29. The summed E-state index contributed by atoms with van der Waals surface area (Å²) in [4.78, 5) is 11.2. The molecule has 0 bridgehead atoms. The summed E-state index contributed by atoms with van der Waals surface area (Å²) < 4.78 is 13.1. The summed E-state index contributed by atoms with van der Waals surface area (Å²) in [5.74, 6) is 0.718. The first-order valence-corrected chi connectivity index (χ1v) is 5.38. The molecule has 2 atom stereocenters. The van der Waals surface area contributed by atoms with Crippen LogP contribution in [0.2, 0.25) is 0 Å². The lowest BCUT2D eigenvalue weighted by molar-refractivity contribution is -0.131. The third-order valence-corrected chi connectivity index (χ3v) is 3.10. The molecule has 1 aliphatic carbocycles. The van der Waals surface area contributed by atoms with Gasteiger partial charge in [0.05, 0.1) is 0 Å². The molecule has 1 amide bonds. The van der Waals surface area contributed by atoms with E-state index in [2.05, 4.69) is 12.2 Å². The SMILES string of the molecule is CC1CCCC1CNC(=O)C(C)(C)F. The molecule has 14 heavy (non-hydrogen) atoms. The summed E-state index contributed by atoms with van der Waals surface area (Å²) in [6.45, 7) is 5.42. The molecule has 1 rings (SSSR count). The monoisotopic (exact) mass is 201 g/mol. The largest absolute Gasteiger partial charge is 0.353 e. The van der Waals surface area contributed by atoms with Crippen LogP contribution in [0.4, 0.5) is 4.39 Å². The minimum absolute atomic E-state index is 0.489. The van der Waals surface area contributed by atoms with Gasteiger partial charge in [-0.3, -0.25) is 4.79 Å². The maximum atomic E-state index is 13.1. The molecule has 0 spiro atoms. The molecule has 0 radical (unpaired) electrons. The predicted octanol–water partition coefficient (Wildman–Crippen LogP) is 2.29. The zero-order chi connectivity index (χ0) is 10.8. The number of rotatable bonds is 3. The molecule has 0 aromatic carbocycles. The minimum atomic E-state index is -1.75. The average Bonchev–Trinajstić information content (AvgIpc) is 2.45. The van der Waals surface area contributed by atoms with Crippen LogP contribution in [0.3, 0.4) is 0 Å². The van der Waals surface area contributed by atoms with Crippen LogP contribution >= 0.6 is 0 Å². The van der Waals surface area contributed by atoms with Crippen LogP contribution in [0, 0.1) is 11.8 Å². The number of carbonyl (C=O) groups is 1. The van der Waals surface area contributed by atoms with Crippen molar-refractivity contribution in [3.05, 3.63) is 0 Å². The Hall–Kier alpha value is -0.600. The van der Waals surface area contributed by atoms with E-state index in [1.54, 1.807) is 0 Å². The molecule has 0 heterocycles. The first kappa shape index (κ1) is 11.5. The van der Waals surface area contributed by atoms with E-state index in [9.17, 15) is 9.18 Å². The third-order valence-electron chi connectivity index (χ3n) is 3.10. The number of hydrogen-bond donors (Lipinski definition) is 1. The van der Waals surface area contributed by atoms with Gasteiger partial charge < -0.3 is 5.32 Å². The van der Waals surface area contributed by atoms with Crippen LogP contribution in [0.25, 0.3) is 0 Å². The number of amides is 1. The summed E-state index contributed by atoms with van der Waals surface area (Å²) in [7, 11) is 0. The summed E-state index contributed by atoms with van der Waals surface area (Å²) in [5, 5.41) is 2.68. The van der Waals surface area contributed by atoms with Gasteiger partial charge in [0.25, 0.3) is 5.91 Å². The molecule has 1 aliphatic rings. The van der Waals surface area contributed by atoms with Crippen molar-refractivity contribution in [3.63, 3.8) is 0 Å². The lowest BCUT2D eigenvalue weighted by Gasteiger charge is -2.19. The van der Waals surface area contributed by atoms with Gasteiger partial charge in [-0.05, 0) is 32.1 Å². The Bertz CT molecular complexity index is 210. The lowest BCUT2D eigenvalue weighted by Crippen LogP contribution is -2.41. The van der Waals surface area contributed by atoms with E-state index in [1.807, 2.05) is 0 Å². The minimum Gasteiger partial charge on any atom is -0.353 e. The number of halogens is 1. The second-order valence-electron chi connectivity index (χ2n) is 4.85. The molecule has 0 aromatic rings. The molecule has 82 valence electrons. The van der Waals surface area contributed by atoms with Crippen molar-refractivity contribution in [2.24, 2.45) is 11.8 Å². The molecular weight excluding hydrogens is 181 g/mol. The van der Waals surface area contributed by atoms with E-state index in [0.717, 1.165) is 6.42 Å². The van der Waals surface area contributed by atoms with E-state index in [-0.39, 0.29) is 0 Å². The van der Waals surface area contributed by atoms with Gasteiger partial charge in [0.1, 0.15) is 0 Å². The number of nitrogens with one attached hydrogen (secondary N) is 1. The fourth-order valence-electron chi connectivity index (χ4n) is 1.96. The van der Waals surface area contributed by atoms with Crippen molar-refractivity contribution < 1.29 is 9.18 Å². The second-order valence-corrected chi connectivity index (χ2v) is 4.85. The van der Waals surface area contributed by atoms with Gasteiger partial charge in [-0.15, -0.1) is 0 Å². The quantitative estimate of drug-likeness (QED) is 0.745. The average molecular weight is 201 g/mol. The van der Waals surface area contributed by atoms with Crippen molar-refractivity contribution in [3.8, 4) is 0 Å². The highest BCUT2D eigenvalue weighted by atomic mass is 19.1. The Morgan fingerprint density at radius 1 is 1.50 bits per heavy atom. The lowest BCUT2D eigenvalue weighted by atomic mass is 9.98. The summed E-state index contributed by atoms with van der Waals surface area (Å²) in [6, 6.07) is 0. The van der Waals surface area contributed by atoms with Gasteiger partial charge in [-0.1, -0.05) is 19.8 Å². The molecule has 1 saturated carbocycles. The molecule has 0 aromatic heterocycles. The van der Waals surface area contributed by atoms with Crippen molar-refractivity contribution in [2.75, 3.05) is 6.54 Å². The standard InChI is InChI=1S/C11H20FNO/c1-8-5-4-6-9(8)7-13-10(14)11(2,3)12/h8-9H,4-7H2,1-3H3,(H,13,14). The zero-order valence-corrected chi connectivity index (χ0v) is 9.27. The highest BCUT2D eigenvalue weighted by Crippen LogP contribution is 2.30. The summed E-state index contributed by atoms with van der Waals surface area (Å²) in [6.07, 6.45) is 3.63. The summed E-state index contributed by atoms with van der Waals surface area (Å²) in [5.41, 5.74) is -1.75. The molecule has 1 fully saturated rings. The van der Waals surface area contributed by atoms with Gasteiger partial charge >= 0.3 is 0 Å². The van der Waals surface area contributed by atoms with E-state index in [1.165, 1.54) is 26.7 Å². The Balaban J connectivity index is 2.30. The molecule has 0 aliphatic heterocycles. The zero-order valence-electron chi connectivity index (χ0n) is 9.27. The van der Waals surface area contributed by atoms with Gasteiger partial charge in [0, 0.05) is 6.54 Å². The molecule has 3 heteroatoms. The third kappa shape index (κ3) is 2.96. The van der Waals surface area contributed by atoms with E-state index in [0.29, 0.717) is 18.4 Å². The van der Waals surface area contributed by atoms with Gasteiger partial charge in [0.2, 0.25) is 0 Å². The normalized spacial score (nSPS) is 27.7. The second kappa shape index (κ2) is 4.28. The van der Waals surface area contributed by atoms with Crippen LogP contribution in [0.1, 0.15) is 40.0 Å². The van der Waals surface area contributed by atoms with Crippen molar-refractivity contribution in [1.29, 1.82) is 0 Å². The smallest absolute Gasteiger partial charge is 0.257 e. The van der Waals surface area contributed by atoms with Gasteiger partial charge in [0.15, 0.2) is 5.67 Å². The Kier molecular flexibility index (Phi) is 3.51. The maximum Gasteiger partial charge on any atom is 0.257 e. The van der Waals surface area contributed by atoms with Crippen molar-refractivity contribution in [2.45, 2.75) is 45.7 Å². The van der Waals surface area contributed by atoms with Gasteiger partial charge in [-0.25, -0.2) is 4.39 Å². The van der Waals surface area contributed by atoms with Crippen molar-refractivity contribution >= 4 is 5.91 Å². The molecule has 2 nitrogen and oxygen atoms in total. The number of carbonyl (C=O) groups excluding carboxylic acids is 1. The van der Waals surface area contributed by atoms with Crippen LogP contribution < -0.4 is 5.32 Å². The Labute approximate surface area is 85.3 Å². The van der Waals surface area contributed by atoms with Crippen LogP contribution in [0.15, 0.2) is 0 Å². The Morgan fingerprint density at radius 2 is 2.14 bits per heavy atom. The van der Waals surface area contributed by atoms with E-state index < -0.39 is 11.6 Å². The van der Waals surface area contributed by atoms with E-state index >= 15 is 0 Å². The molecule has 0 saturated heterocycles.